The number of aromatic nitrogens is 1. The van der Waals surface area contributed by atoms with E-state index in [1.54, 1.807) is 6.07 Å². The number of pyridine rings is 1. The van der Waals surface area contributed by atoms with Gasteiger partial charge in [0, 0.05) is 30.1 Å². The number of hydrogen-bond acceptors (Lipinski definition) is 6. The van der Waals surface area contributed by atoms with Gasteiger partial charge in [-0.05, 0) is 47.6 Å². The first-order chi connectivity index (χ1) is 17.6. The van der Waals surface area contributed by atoms with Gasteiger partial charge in [-0.3, -0.25) is 4.79 Å². The molecule has 2 N–H and O–H groups in total. The third-order valence-corrected chi connectivity index (χ3v) is 6.56. The van der Waals surface area contributed by atoms with Crippen LogP contribution in [0.25, 0.3) is 10.9 Å². The molecule has 3 aromatic carbocycles. The predicted molar refractivity (Wildman–Crippen MR) is 138 cm³/mol. The largest absolute Gasteiger partial charge is 0.454 e. The summed E-state index contributed by atoms with van der Waals surface area (Å²) in [6.45, 7) is 1.76. The van der Waals surface area contributed by atoms with E-state index in [1.165, 1.54) is 0 Å². The van der Waals surface area contributed by atoms with E-state index in [0.717, 1.165) is 22.3 Å². The summed E-state index contributed by atoms with van der Waals surface area (Å²) in [6, 6.07) is 21.4. The summed E-state index contributed by atoms with van der Waals surface area (Å²) in [5, 5.41) is 4.74. The van der Waals surface area contributed by atoms with Crippen LogP contribution in [0.1, 0.15) is 16.7 Å². The van der Waals surface area contributed by atoms with Gasteiger partial charge in [0.15, 0.2) is 28.1 Å². The van der Waals surface area contributed by atoms with Crippen molar-refractivity contribution in [3.05, 3.63) is 93.8 Å². The van der Waals surface area contributed by atoms with E-state index >= 15 is 0 Å². The average molecular weight is 502 g/mol. The zero-order chi connectivity index (χ0) is 24.5. The molecule has 4 aromatic rings. The van der Waals surface area contributed by atoms with Gasteiger partial charge in [0.2, 0.25) is 13.6 Å². The first-order valence-electron chi connectivity index (χ1n) is 11.5. The van der Waals surface area contributed by atoms with E-state index in [2.05, 4.69) is 10.3 Å². The van der Waals surface area contributed by atoms with Crippen LogP contribution in [0.2, 0.25) is 0 Å². The van der Waals surface area contributed by atoms with Gasteiger partial charge in [-0.2, -0.15) is 0 Å². The molecular weight excluding hydrogens is 478 g/mol. The summed E-state index contributed by atoms with van der Waals surface area (Å²) in [5.74, 6) is 2.72. The second-order valence-electron chi connectivity index (χ2n) is 8.60. The molecule has 2 aliphatic rings. The van der Waals surface area contributed by atoms with Crippen molar-refractivity contribution in [1.82, 2.24) is 15.2 Å². The molecule has 0 fully saturated rings. The topological polar surface area (TPSA) is 85.1 Å². The number of nitrogens with one attached hydrogen (secondary N) is 2. The van der Waals surface area contributed by atoms with Crippen LogP contribution in [0.4, 0.5) is 0 Å². The second-order valence-corrected chi connectivity index (χ2v) is 8.99. The Bertz CT molecular complexity index is 1510. The molecule has 0 unspecified atom stereocenters. The fraction of sp³-hybridized carbons (Fsp3) is 0.185. The highest BCUT2D eigenvalue weighted by atomic mass is 32.1. The average Bonchev–Trinajstić information content (AvgIpc) is 3.55. The van der Waals surface area contributed by atoms with Gasteiger partial charge >= 0.3 is 0 Å². The minimum atomic E-state index is -0.178. The SMILES string of the molecule is O=c1[nH]c2cc3c(cc2cc1CN(Cc1ccc2c(c1)OCO2)C(=S)NCc1ccccc1)OCO3. The molecule has 0 atom stereocenters. The Morgan fingerprint density at radius 2 is 1.56 bits per heavy atom. The molecule has 0 radical (unpaired) electrons. The highest BCUT2D eigenvalue weighted by molar-refractivity contribution is 7.80. The molecular formula is C27H23N3O5S. The number of H-pyrrole nitrogens is 1. The van der Waals surface area contributed by atoms with Gasteiger partial charge in [0.1, 0.15) is 0 Å². The van der Waals surface area contributed by atoms with Crippen molar-refractivity contribution < 1.29 is 18.9 Å². The Morgan fingerprint density at radius 3 is 2.36 bits per heavy atom. The van der Waals surface area contributed by atoms with Crippen molar-refractivity contribution in [2.45, 2.75) is 19.6 Å². The fourth-order valence-electron chi connectivity index (χ4n) is 4.31. The Labute approximate surface area is 212 Å². The number of nitrogens with zero attached hydrogens (tertiary/aromatic N) is 1. The normalized spacial score (nSPS) is 13.1. The molecule has 6 rings (SSSR count). The summed E-state index contributed by atoms with van der Waals surface area (Å²) >= 11 is 5.79. The van der Waals surface area contributed by atoms with Crippen molar-refractivity contribution in [2.24, 2.45) is 0 Å². The summed E-state index contributed by atoms with van der Waals surface area (Å²) in [4.78, 5) is 18.0. The van der Waals surface area contributed by atoms with E-state index in [-0.39, 0.29) is 19.1 Å². The zero-order valence-corrected chi connectivity index (χ0v) is 20.1. The number of aromatic amines is 1. The minimum Gasteiger partial charge on any atom is -0.454 e. The van der Waals surface area contributed by atoms with Gasteiger partial charge in [-0.15, -0.1) is 0 Å². The van der Waals surface area contributed by atoms with Crippen molar-refractivity contribution in [1.29, 1.82) is 0 Å². The van der Waals surface area contributed by atoms with Crippen molar-refractivity contribution >= 4 is 28.2 Å². The van der Waals surface area contributed by atoms with E-state index in [1.807, 2.05) is 65.6 Å². The second kappa shape index (κ2) is 9.43. The lowest BCUT2D eigenvalue weighted by Crippen LogP contribution is -2.39. The first-order valence-corrected chi connectivity index (χ1v) is 11.9. The smallest absolute Gasteiger partial charge is 0.253 e. The number of thiocarbonyl (C=S) groups is 1. The highest BCUT2D eigenvalue weighted by Gasteiger charge is 2.19. The number of fused-ring (bicyclic) bond motifs is 3. The monoisotopic (exact) mass is 501 g/mol. The Balaban J connectivity index is 1.28. The van der Waals surface area contributed by atoms with Crippen LogP contribution in [0.5, 0.6) is 23.0 Å². The molecule has 9 heteroatoms. The molecule has 3 heterocycles. The molecule has 0 amide bonds. The predicted octanol–water partition coefficient (Wildman–Crippen LogP) is 4.06. The van der Waals surface area contributed by atoms with E-state index < -0.39 is 0 Å². The van der Waals surface area contributed by atoms with Crippen molar-refractivity contribution in [3.63, 3.8) is 0 Å². The highest BCUT2D eigenvalue weighted by Crippen LogP contribution is 2.35. The Morgan fingerprint density at radius 1 is 0.833 bits per heavy atom. The molecule has 1 aromatic heterocycles. The lowest BCUT2D eigenvalue weighted by Gasteiger charge is -2.26. The molecule has 0 bridgehead atoms. The van der Waals surface area contributed by atoms with Crippen LogP contribution >= 0.6 is 12.2 Å². The lowest BCUT2D eigenvalue weighted by atomic mass is 10.1. The summed E-state index contributed by atoms with van der Waals surface area (Å²) in [5.41, 5.74) is 3.21. The maximum Gasteiger partial charge on any atom is 0.253 e. The van der Waals surface area contributed by atoms with Gasteiger partial charge in [0.05, 0.1) is 12.1 Å². The summed E-state index contributed by atoms with van der Waals surface area (Å²) in [6.07, 6.45) is 0. The van der Waals surface area contributed by atoms with E-state index in [0.29, 0.717) is 53.1 Å². The van der Waals surface area contributed by atoms with Gasteiger partial charge in [-0.25, -0.2) is 0 Å². The molecule has 8 nitrogen and oxygen atoms in total. The fourth-order valence-corrected chi connectivity index (χ4v) is 4.51. The number of hydrogen-bond donors (Lipinski definition) is 2. The van der Waals surface area contributed by atoms with E-state index in [9.17, 15) is 4.79 Å². The van der Waals surface area contributed by atoms with Gasteiger partial charge < -0.3 is 34.1 Å². The Kier molecular flexibility index (Phi) is 5.82. The quantitative estimate of drug-likeness (QED) is 0.383. The third kappa shape index (κ3) is 4.52. The molecule has 182 valence electrons. The van der Waals surface area contributed by atoms with Crippen LogP contribution in [0, 0.1) is 0 Å². The van der Waals surface area contributed by atoms with Crippen LogP contribution in [-0.2, 0) is 19.6 Å². The van der Waals surface area contributed by atoms with E-state index in [4.69, 9.17) is 31.2 Å². The molecule has 0 saturated heterocycles. The molecule has 0 spiro atoms. The minimum absolute atomic E-state index is 0.174. The van der Waals surface area contributed by atoms with Gasteiger partial charge in [0.25, 0.3) is 5.56 Å². The lowest BCUT2D eigenvalue weighted by molar-refractivity contribution is 0.173. The maximum atomic E-state index is 13.0. The van der Waals surface area contributed by atoms with Crippen LogP contribution in [0.15, 0.2) is 71.5 Å². The Hall–Kier alpha value is -4.24. The molecule has 36 heavy (non-hydrogen) atoms. The molecule has 2 aliphatic heterocycles. The standard InChI is InChI=1S/C27H23N3O5S/c31-26-20(9-19-10-24-25(35-16-34-24)11-21(19)29-26)14-30(27(36)28-12-17-4-2-1-3-5-17)13-18-6-7-22-23(8-18)33-15-32-22/h1-11H,12-16H2,(H,28,36)(H,29,31). The van der Waals surface area contributed by atoms with Gasteiger partial charge in [-0.1, -0.05) is 36.4 Å². The van der Waals surface area contributed by atoms with Crippen molar-refractivity contribution in [3.8, 4) is 23.0 Å². The number of benzene rings is 3. The third-order valence-electron chi connectivity index (χ3n) is 6.16. The number of rotatable bonds is 6. The molecule has 0 aliphatic carbocycles. The zero-order valence-electron chi connectivity index (χ0n) is 19.3. The van der Waals surface area contributed by atoms with Crippen LogP contribution in [0.3, 0.4) is 0 Å². The summed E-state index contributed by atoms with van der Waals surface area (Å²) < 4.78 is 21.9. The van der Waals surface area contributed by atoms with Crippen LogP contribution in [-0.4, -0.2) is 28.6 Å². The maximum absolute atomic E-state index is 13.0. The van der Waals surface area contributed by atoms with Crippen molar-refractivity contribution in [2.75, 3.05) is 13.6 Å². The first kappa shape index (κ1) is 22.2. The molecule has 0 saturated carbocycles. The van der Waals surface area contributed by atoms with Crippen LogP contribution < -0.4 is 29.8 Å². The summed E-state index contributed by atoms with van der Waals surface area (Å²) in [7, 11) is 0. The number of ether oxygens (including phenoxy) is 4.